The number of halogens is 2. The Labute approximate surface area is 108 Å². The molecule has 0 saturated carbocycles. The fourth-order valence-corrected chi connectivity index (χ4v) is 2.53. The maximum Gasteiger partial charge on any atom is 0.106 e. The van der Waals surface area contributed by atoms with Crippen molar-refractivity contribution in [3.05, 3.63) is 49.9 Å². The molecule has 0 fully saturated rings. The molecule has 16 heavy (non-hydrogen) atoms. The van der Waals surface area contributed by atoms with Crippen molar-refractivity contribution in [3.8, 4) is 0 Å². The van der Waals surface area contributed by atoms with Crippen LogP contribution in [0.2, 0.25) is 10.0 Å². The monoisotopic (exact) mass is 272 g/mol. The largest absolute Gasteiger partial charge is 0.325 e. The van der Waals surface area contributed by atoms with Gasteiger partial charge in [-0.1, -0.05) is 29.3 Å². The van der Waals surface area contributed by atoms with E-state index in [1.54, 1.807) is 11.3 Å². The zero-order valence-electron chi connectivity index (χ0n) is 8.41. The summed E-state index contributed by atoms with van der Waals surface area (Å²) >= 11 is 13.4. The SMILES string of the molecule is NCc1ncc(Cc2ccc(Cl)c(Cl)c2)s1. The van der Waals surface area contributed by atoms with Crippen LogP contribution in [0.1, 0.15) is 15.4 Å². The van der Waals surface area contributed by atoms with Crippen molar-refractivity contribution >= 4 is 34.5 Å². The molecule has 1 aromatic heterocycles. The standard InChI is InChI=1S/C11H10Cl2N2S/c12-9-2-1-7(4-10(9)13)3-8-6-15-11(5-14)16-8/h1-2,4,6H,3,5,14H2. The van der Waals surface area contributed by atoms with Gasteiger partial charge in [-0.2, -0.15) is 0 Å². The molecule has 0 saturated heterocycles. The quantitative estimate of drug-likeness (QED) is 0.929. The second kappa shape index (κ2) is 5.15. The molecule has 0 radical (unpaired) electrons. The summed E-state index contributed by atoms with van der Waals surface area (Å²) in [6, 6.07) is 5.66. The van der Waals surface area contributed by atoms with Gasteiger partial charge in [-0.05, 0) is 17.7 Å². The average molecular weight is 273 g/mol. The van der Waals surface area contributed by atoms with Crippen molar-refractivity contribution in [1.82, 2.24) is 4.98 Å². The van der Waals surface area contributed by atoms with Gasteiger partial charge in [0.15, 0.2) is 0 Å². The highest BCUT2D eigenvalue weighted by Crippen LogP contribution is 2.25. The van der Waals surface area contributed by atoms with Gasteiger partial charge in [0.2, 0.25) is 0 Å². The van der Waals surface area contributed by atoms with E-state index in [9.17, 15) is 0 Å². The lowest BCUT2D eigenvalue weighted by Gasteiger charge is -2.00. The Hall–Kier alpha value is -0.610. The molecule has 1 heterocycles. The first-order chi connectivity index (χ1) is 7.69. The van der Waals surface area contributed by atoms with E-state index >= 15 is 0 Å². The minimum atomic E-state index is 0.492. The number of thiazole rings is 1. The number of rotatable bonds is 3. The molecular formula is C11H10Cl2N2S. The molecule has 0 amide bonds. The van der Waals surface area contributed by atoms with Crippen LogP contribution >= 0.6 is 34.5 Å². The number of benzene rings is 1. The van der Waals surface area contributed by atoms with Crippen LogP contribution < -0.4 is 5.73 Å². The van der Waals surface area contributed by atoms with E-state index in [4.69, 9.17) is 28.9 Å². The predicted octanol–water partition coefficient (Wildman–Crippen LogP) is 3.50. The molecular weight excluding hydrogens is 263 g/mol. The van der Waals surface area contributed by atoms with Crippen LogP contribution in [0, 0.1) is 0 Å². The van der Waals surface area contributed by atoms with Crippen molar-refractivity contribution in [2.45, 2.75) is 13.0 Å². The molecule has 0 spiro atoms. The van der Waals surface area contributed by atoms with Gasteiger partial charge in [0, 0.05) is 24.0 Å². The zero-order chi connectivity index (χ0) is 11.5. The highest BCUT2D eigenvalue weighted by Gasteiger charge is 2.04. The number of nitrogens with two attached hydrogens (primary N) is 1. The number of hydrogen-bond donors (Lipinski definition) is 1. The maximum atomic E-state index is 5.95. The minimum Gasteiger partial charge on any atom is -0.325 e. The van der Waals surface area contributed by atoms with Gasteiger partial charge < -0.3 is 5.73 Å². The van der Waals surface area contributed by atoms with Crippen molar-refractivity contribution in [2.24, 2.45) is 5.73 Å². The van der Waals surface area contributed by atoms with Crippen LogP contribution in [0.25, 0.3) is 0 Å². The summed E-state index contributed by atoms with van der Waals surface area (Å²) < 4.78 is 0. The second-order valence-corrected chi connectivity index (χ2v) is 5.36. The van der Waals surface area contributed by atoms with Gasteiger partial charge >= 0.3 is 0 Å². The molecule has 0 aliphatic carbocycles. The fraction of sp³-hybridized carbons (Fsp3) is 0.182. The van der Waals surface area contributed by atoms with Crippen LogP contribution in [0.4, 0.5) is 0 Å². The molecule has 0 aliphatic rings. The van der Waals surface area contributed by atoms with E-state index in [0.717, 1.165) is 17.0 Å². The Morgan fingerprint density at radius 2 is 2.06 bits per heavy atom. The second-order valence-electron chi connectivity index (χ2n) is 3.35. The van der Waals surface area contributed by atoms with Gasteiger partial charge in [0.1, 0.15) is 5.01 Å². The van der Waals surface area contributed by atoms with E-state index in [1.807, 2.05) is 24.4 Å². The van der Waals surface area contributed by atoms with Crippen LogP contribution in [-0.4, -0.2) is 4.98 Å². The third-order valence-corrected chi connectivity index (χ3v) is 3.90. The molecule has 1 aromatic carbocycles. The van der Waals surface area contributed by atoms with Crippen LogP contribution in [-0.2, 0) is 13.0 Å². The van der Waals surface area contributed by atoms with Crippen LogP contribution in [0.15, 0.2) is 24.4 Å². The third-order valence-electron chi connectivity index (χ3n) is 2.14. The molecule has 0 aliphatic heterocycles. The molecule has 2 aromatic rings. The van der Waals surface area contributed by atoms with Gasteiger partial charge in [0.05, 0.1) is 10.0 Å². The Bertz CT molecular complexity index is 496. The topological polar surface area (TPSA) is 38.9 Å². The molecule has 84 valence electrons. The van der Waals surface area contributed by atoms with E-state index < -0.39 is 0 Å². The number of nitrogens with zero attached hydrogens (tertiary/aromatic N) is 1. The average Bonchev–Trinajstić information content (AvgIpc) is 2.71. The van der Waals surface area contributed by atoms with Crippen molar-refractivity contribution in [3.63, 3.8) is 0 Å². The van der Waals surface area contributed by atoms with E-state index in [0.29, 0.717) is 16.6 Å². The Morgan fingerprint density at radius 1 is 1.25 bits per heavy atom. The fourth-order valence-electron chi connectivity index (χ4n) is 1.37. The molecule has 0 unspecified atom stereocenters. The van der Waals surface area contributed by atoms with Crippen molar-refractivity contribution in [2.75, 3.05) is 0 Å². The van der Waals surface area contributed by atoms with E-state index in [-0.39, 0.29) is 0 Å². The minimum absolute atomic E-state index is 0.492. The highest BCUT2D eigenvalue weighted by atomic mass is 35.5. The Kier molecular flexibility index (Phi) is 3.82. The molecule has 2 nitrogen and oxygen atoms in total. The number of hydrogen-bond acceptors (Lipinski definition) is 3. The Morgan fingerprint density at radius 3 is 2.69 bits per heavy atom. The molecule has 0 bridgehead atoms. The highest BCUT2D eigenvalue weighted by molar-refractivity contribution is 7.11. The first-order valence-corrected chi connectivity index (χ1v) is 6.34. The first-order valence-electron chi connectivity index (χ1n) is 4.76. The van der Waals surface area contributed by atoms with E-state index in [1.165, 1.54) is 4.88 Å². The normalized spacial score (nSPS) is 10.7. The lowest BCUT2D eigenvalue weighted by Crippen LogP contribution is -1.93. The van der Waals surface area contributed by atoms with Crippen molar-refractivity contribution in [1.29, 1.82) is 0 Å². The summed E-state index contributed by atoms with van der Waals surface area (Å²) in [7, 11) is 0. The number of aromatic nitrogens is 1. The summed E-state index contributed by atoms with van der Waals surface area (Å²) in [5, 5.41) is 2.12. The lowest BCUT2D eigenvalue weighted by atomic mass is 10.1. The summed E-state index contributed by atoms with van der Waals surface area (Å²) in [6.45, 7) is 0.492. The summed E-state index contributed by atoms with van der Waals surface area (Å²) in [4.78, 5) is 5.38. The van der Waals surface area contributed by atoms with Gasteiger partial charge in [-0.25, -0.2) is 4.98 Å². The van der Waals surface area contributed by atoms with E-state index in [2.05, 4.69) is 4.98 Å². The molecule has 0 atom stereocenters. The third kappa shape index (κ3) is 2.74. The van der Waals surface area contributed by atoms with Crippen molar-refractivity contribution < 1.29 is 0 Å². The van der Waals surface area contributed by atoms with Crippen LogP contribution in [0.3, 0.4) is 0 Å². The maximum absolute atomic E-state index is 5.95. The molecule has 2 N–H and O–H groups in total. The van der Waals surface area contributed by atoms with Gasteiger partial charge in [-0.3, -0.25) is 0 Å². The van der Waals surface area contributed by atoms with Gasteiger partial charge in [0.25, 0.3) is 0 Å². The summed E-state index contributed by atoms with van der Waals surface area (Å²) in [5.74, 6) is 0. The predicted molar refractivity (Wildman–Crippen MR) is 69.3 cm³/mol. The van der Waals surface area contributed by atoms with Gasteiger partial charge in [-0.15, -0.1) is 11.3 Å². The molecule has 5 heteroatoms. The first kappa shape index (κ1) is 11.9. The smallest absolute Gasteiger partial charge is 0.106 e. The van der Waals surface area contributed by atoms with Crippen LogP contribution in [0.5, 0.6) is 0 Å². The molecule has 2 rings (SSSR count). The zero-order valence-corrected chi connectivity index (χ0v) is 10.7. The summed E-state index contributed by atoms with van der Waals surface area (Å²) in [5.41, 5.74) is 6.64. The summed E-state index contributed by atoms with van der Waals surface area (Å²) in [6.07, 6.45) is 2.67. The Balaban J connectivity index is 2.17. The lowest BCUT2D eigenvalue weighted by molar-refractivity contribution is 1.04.